The fourth-order valence-corrected chi connectivity index (χ4v) is 4.37. The van der Waals surface area contributed by atoms with Gasteiger partial charge in [0, 0.05) is 15.8 Å². The molecule has 6 nitrogen and oxygen atoms in total. The number of hydrogen-bond donors (Lipinski definition) is 1. The van der Waals surface area contributed by atoms with Gasteiger partial charge in [-0.1, -0.05) is 18.2 Å². The predicted molar refractivity (Wildman–Crippen MR) is 109 cm³/mol. The summed E-state index contributed by atoms with van der Waals surface area (Å²) < 4.78 is 10.9. The highest BCUT2D eigenvalue weighted by Crippen LogP contribution is 2.34. The summed E-state index contributed by atoms with van der Waals surface area (Å²) in [7, 11) is 0. The number of oxazole rings is 1. The van der Waals surface area contributed by atoms with Crippen molar-refractivity contribution >= 4 is 45.2 Å². The number of nitrogens with zero attached hydrogens (tertiary/aromatic N) is 1. The Hall–Kier alpha value is -3.71. The van der Waals surface area contributed by atoms with Crippen molar-refractivity contribution in [1.82, 2.24) is 4.98 Å². The van der Waals surface area contributed by atoms with E-state index in [9.17, 15) is 14.7 Å². The van der Waals surface area contributed by atoms with Crippen molar-refractivity contribution in [1.29, 1.82) is 0 Å². The standard InChI is InChI=1S/C22H13NO5S/c24-16(21-23-15-3-1-2-4-18(15)28-21)10-19-20(22(25)26)14(11-29-19)12-5-6-17-13(9-12)7-8-27-17/h1-9,11H,10H2,(H,25,26). The Bertz CT molecular complexity index is 1360. The number of rotatable bonds is 5. The van der Waals surface area contributed by atoms with Gasteiger partial charge < -0.3 is 13.9 Å². The lowest BCUT2D eigenvalue weighted by Gasteiger charge is -2.03. The molecule has 3 aromatic heterocycles. The second kappa shape index (κ2) is 6.72. The summed E-state index contributed by atoms with van der Waals surface area (Å²) in [6.07, 6.45) is 1.50. The Balaban J connectivity index is 1.51. The van der Waals surface area contributed by atoms with Crippen LogP contribution in [0.25, 0.3) is 33.2 Å². The molecule has 0 aliphatic carbocycles. The highest BCUT2D eigenvalue weighted by molar-refractivity contribution is 7.11. The fraction of sp³-hybridized carbons (Fsp3) is 0.0455. The fourth-order valence-electron chi connectivity index (χ4n) is 3.32. The summed E-state index contributed by atoms with van der Waals surface area (Å²) in [6.45, 7) is 0. The molecule has 0 atom stereocenters. The number of benzene rings is 2. The minimum Gasteiger partial charge on any atom is -0.478 e. The van der Waals surface area contributed by atoms with Crippen LogP contribution in [-0.2, 0) is 6.42 Å². The van der Waals surface area contributed by atoms with Crippen LogP contribution in [0.1, 0.15) is 25.9 Å². The molecule has 3 heterocycles. The van der Waals surface area contributed by atoms with Crippen LogP contribution < -0.4 is 0 Å². The first-order valence-corrected chi connectivity index (χ1v) is 9.68. The van der Waals surface area contributed by atoms with Crippen LogP contribution in [0, 0.1) is 0 Å². The molecule has 0 saturated carbocycles. The largest absolute Gasteiger partial charge is 0.478 e. The minimum atomic E-state index is -1.08. The predicted octanol–water partition coefficient (Wildman–Crippen LogP) is 5.43. The smallest absolute Gasteiger partial charge is 0.337 e. The number of Topliss-reactive ketones (excluding diaryl/α,β-unsaturated/α-hetero) is 1. The van der Waals surface area contributed by atoms with Crippen molar-refractivity contribution in [2.75, 3.05) is 0 Å². The van der Waals surface area contributed by atoms with Crippen LogP contribution in [-0.4, -0.2) is 21.8 Å². The third-order valence-corrected chi connectivity index (χ3v) is 5.68. The van der Waals surface area contributed by atoms with Crippen molar-refractivity contribution in [3.05, 3.63) is 76.5 Å². The zero-order chi connectivity index (χ0) is 20.0. The van der Waals surface area contributed by atoms with Crippen LogP contribution in [0.2, 0.25) is 0 Å². The molecule has 0 spiro atoms. The summed E-state index contributed by atoms with van der Waals surface area (Å²) in [4.78, 5) is 29.3. The van der Waals surface area contributed by atoms with Gasteiger partial charge in [0.1, 0.15) is 11.1 Å². The molecule has 2 aromatic carbocycles. The lowest BCUT2D eigenvalue weighted by molar-refractivity contribution is 0.0697. The van der Waals surface area contributed by atoms with E-state index < -0.39 is 5.97 Å². The Morgan fingerprint density at radius 2 is 1.93 bits per heavy atom. The first-order valence-electron chi connectivity index (χ1n) is 8.80. The van der Waals surface area contributed by atoms with Gasteiger partial charge in [0.15, 0.2) is 5.58 Å². The Labute approximate surface area is 168 Å². The molecule has 1 N–H and O–H groups in total. The van der Waals surface area contributed by atoms with E-state index in [4.69, 9.17) is 8.83 Å². The maximum Gasteiger partial charge on any atom is 0.337 e. The number of carboxylic acid groups (broad SMARTS) is 1. The number of carbonyl (C=O) groups excluding carboxylic acids is 1. The van der Waals surface area contributed by atoms with Gasteiger partial charge in [-0.05, 0) is 41.3 Å². The molecule has 29 heavy (non-hydrogen) atoms. The average Bonchev–Trinajstić information content (AvgIpc) is 3.44. The molecule has 0 amide bonds. The third kappa shape index (κ3) is 3.01. The van der Waals surface area contributed by atoms with Crippen LogP contribution in [0.3, 0.4) is 0 Å². The zero-order valence-corrected chi connectivity index (χ0v) is 15.7. The first kappa shape index (κ1) is 17.4. The number of ketones is 1. The lowest BCUT2D eigenvalue weighted by atomic mass is 10.0. The summed E-state index contributed by atoms with van der Waals surface area (Å²) in [5.41, 5.74) is 3.30. The topological polar surface area (TPSA) is 93.5 Å². The van der Waals surface area contributed by atoms with E-state index in [1.165, 1.54) is 11.3 Å². The maximum absolute atomic E-state index is 12.7. The molecule has 7 heteroatoms. The number of carbonyl (C=O) groups is 2. The summed E-state index contributed by atoms with van der Waals surface area (Å²) in [6, 6.07) is 14.4. The molecule has 0 aliphatic heterocycles. The SMILES string of the molecule is O=C(Cc1scc(-c2ccc3occc3c2)c1C(=O)O)c1nc2ccccc2o1. The molecule has 0 aliphatic rings. The molecule has 0 bridgehead atoms. The Kier molecular flexibility index (Phi) is 4.03. The van der Waals surface area contributed by atoms with Crippen molar-refractivity contribution in [2.45, 2.75) is 6.42 Å². The Morgan fingerprint density at radius 1 is 1.07 bits per heavy atom. The highest BCUT2D eigenvalue weighted by atomic mass is 32.1. The molecule has 5 rings (SSSR count). The molecule has 5 aromatic rings. The van der Waals surface area contributed by atoms with E-state index in [-0.39, 0.29) is 23.7 Å². The second-order valence-electron chi connectivity index (χ2n) is 6.51. The number of aromatic carboxylic acids is 1. The van der Waals surface area contributed by atoms with Crippen LogP contribution in [0.5, 0.6) is 0 Å². The number of furan rings is 1. The van der Waals surface area contributed by atoms with E-state index >= 15 is 0 Å². The van der Waals surface area contributed by atoms with Crippen molar-refractivity contribution in [3.63, 3.8) is 0 Å². The van der Waals surface area contributed by atoms with Gasteiger partial charge in [0.2, 0.25) is 5.78 Å². The van der Waals surface area contributed by atoms with Crippen LogP contribution in [0.4, 0.5) is 0 Å². The summed E-state index contributed by atoms with van der Waals surface area (Å²) in [5.74, 6) is -1.45. The number of fused-ring (bicyclic) bond motifs is 2. The van der Waals surface area contributed by atoms with E-state index in [1.807, 2.05) is 24.3 Å². The van der Waals surface area contributed by atoms with E-state index in [0.29, 0.717) is 21.5 Å². The number of carboxylic acids is 1. The molecular formula is C22H13NO5S. The average molecular weight is 403 g/mol. The van der Waals surface area contributed by atoms with Gasteiger partial charge in [-0.25, -0.2) is 9.78 Å². The lowest BCUT2D eigenvalue weighted by Crippen LogP contribution is -2.07. The van der Waals surface area contributed by atoms with Gasteiger partial charge in [-0.3, -0.25) is 4.79 Å². The molecular weight excluding hydrogens is 390 g/mol. The number of aromatic nitrogens is 1. The third-order valence-electron chi connectivity index (χ3n) is 4.70. The summed E-state index contributed by atoms with van der Waals surface area (Å²) >= 11 is 1.24. The summed E-state index contributed by atoms with van der Waals surface area (Å²) in [5, 5.41) is 12.5. The number of hydrogen-bond acceptors (Lipinski definition) is 6. The number of thiophene rings is 1. The minimum absolute atomic E-state index is 0.0164. The van der Waals surface area contributed by atoms with Gasteiger partial charge in [0.25, 0.3) is 5.89 Å². The molecule has 0 radical (unpaired) electrons. The van der Waals surface area contributed by atoms with E-state index in [0.717, 1.165) is 16.5 Å². The Morgan fingerprint density at radius 3 is 2.76 bits per heavy atom. The van der Waals surface area contributed by atoms with Crippen molar-refractivity contribution in [2.24, 2.45) is 0 Å². The normalized spacial score (nSPS) is 11.3. The number of para-hydroxylation sites is 2. The van der Waals surface area contributed by atoms with Crippen LogP contribution >= 0.6 is 11.3 Å². The highest BCUT2D eigenvalue weighted by Gasteiger charge is 2.24. The molecule has 0 fully saturated rings. The molecule has 142 valence electrons. The van der Waals surface area contributed by atoms with E-state index in [1.54, 1.807) is 35.9 Å². The van der Waals surface area contributed by atoms with Crippen LogP contribution in [0.15, 0.2) is 69.0 Å². The monoisotopic (exact) mass is 403 g/mol. The van der Waals surface area contributed by atoms with Gasteiger partial charge >= 0.3 is 5.97 Å². The second-order valence-corrected chi connectivity index (χ2v) is 7.48. The van der Waals surface area contributed by atoms with Gasteiger partial charge in [-0.2, -0.15) is 0 Å². The first-order chi connectivity index (χ1) is 14.1. The quantitative estimate of drug-likeness (QED) is 0.394. The zero-order valence-electron chi connectivity index (χ0n) is 14.9. The van der Waals surface area contributed by atoms with Crippen molar-refractivity contribution in [3.8, 4) is 11.1 Å². The van der Waals surface area contributed by atoms with Crippen molar-refractivity contribution < 1.29 is 23.5 Å². The molecule has 0 unspecified atom stereocenters. The van der Waals surface area contributed by atoms with Gasteiger partial charge in [0.05, 0.1) is 18.2 Å². The maximum atomic E-state index is 12.7. The van der Waals surface area contributed by atoms with E-state index in [2.05, 4.69) is 4.98 Å². The van der Waals surface area contributed by atoms with Gasteiger partial charge in [-0.15, -0.1) is 11.3 Å². The molecule has 0 saturated heterocycles.